The standard InChI is InChI=1S/C73H134O6/c1-4-7-10-13-16-19-22-25-28-31-34-35-36-37-40-42-45-48-51-54-57-60-63-66-72(75)78-69-70(79-73(76)67-64-61-58-55-52-49-46-43-39-33-30-27-24-21-18-15-12-9-6-3)68-77-71(74)65-62-59-56-53-50-47-44-41-38-32-29-26-23-20-17-14-11-8-5-2/h22,25-27,29-31,34,70H,4-21,23-24,28,32-33,35-69H2,1-3H3/b25-22-,29-26-,30-27-,34-31-. The Morgan fingerprint density at radius 1 is 0.253 bits per heavy atom. The van der Waals surface area contributed by atoms with Crippen molar-refractivity contribution >= 4 is 17.9 Å². The van der Waals surface area contributed by atoms with E-state index in [9.17, 15) is 14.4 Å². The molecule has 0 radical (unpaired) electrons. The van der Waals surface area contributed by atoms with E-state index in [-0.39, 0.29) is 31.1 Å². The van der Waals surface area contributed by atoms with Crippen molar-refractivity contribution in [1.29, 1.82) is 0 Å². The van der Waals surface area contributed by atoms with Gasteiger partial charge in [0.1, 0.15) is 13.2 Å². The fourth-order valence-electron chi connectivity index (χ4n) is 10.5. The molecule has 0 bridgehead atoms. The van der Waals surface area contributed by atoms with Crippen molar-refractivity contribution in [1.82, 2.24) is 0 Å². The van der Waals surface area contributed by atoms with E-state index in [1.165, 1.54) is 276 Å². The summed E-state index contributed by atoms with van der Waals surface area (Å²) in [6, 6.07) is 0. The number of hydrogen-bond acceptors (Lipinski definition) is 6. The summed E-state index contributed by atoms with van der Waals surface area (Å²) in [5, 5.41) is 0. The van der Waals surface area contributed by atoms with Crippen molar-refractivity contribution in [2.75, 3.05) is 13.2 Å². The van der Waals surface area contributed by atoms with E-state index in [0.717, 1.165) is 64.2 Å². The largest absolute Gasteiger partial charge is 0.462 e. The number of carbonyl (C=O) groups is 3. The Balaban J connectivity index is 4.33. The van der Waals surface area contributed by atoms with E-state index in [1.54, 1.807) is 0 Å². The molecular weight excluding hydrogens is 973 g/mol. The summed E-state index contributed by atoms with van der Waals surface area (Å²) in [5.74, 6) is -0.853. The van der Waals surface area contributed by atoms with Gasteiger partial charge in [-0.15, -0.1) is 0 Å². The number of ether oxygens (including phenoxy) is 3. The van der Waals surface area contributed by atoms with Crippen LogP contribution in [0.2, 0.25) is 0 Å². The van der Waals surface area contributed by atoms with Gasteiger partial charge in [-0.25, -0.2) is 0 Å². The summed E-state index contributed by atoms with van der Waals surface area (Å²) in [6.07, 6.45) is 85.5. The lowest BCUT2D eigenvalue weighted by atomic mass is 10.0. The van der Waals surface area contributed by atoms with Crippen molar-refractivity contribution in [3.05, 3.63) is 48.6 Å². The van der Waals surface area contributed by atoms with E-state index in [1.807, 2.05) is 0 Å². The zero-order chi connectivity index (χ0) is 57.1. The van der Waals surface area contributed by atoms with Crippen LogP contribution in [0.25, 0.3) is 0 Å². The Kier molecular flexibility index (Phi) is 65.6. The molecule has 0 aliphatic heterocycles. The number of unbranched alkanes of at least 4 members (excludes halogenated alkanes) is 46. The molecular formula is C73H134O6. The van der Waals surface area contributed by atoms with Crippen LogP contribution in [0.1, 0.15) is 380 Å². The molecule has 0 aromatic rings. The zero-order valence-electron chi connectivity index (χ0n) is 53.2. The van der Waals surface area contributed by atoms with Crippen LogP contribution in [0.5, 0.6) is 0 Å². The topological polar surface area (TPSA) is 78.9 Å². The molecule has 0 saturated heterocycles. The summed E-state index contributed by atoms with van der Waals surface area (Å²) in [7, 11) is 0. The highest BCUT2D eigenvalue weighted by molar-refractivity contribution is 5.71. The molecule has 0 rings (SSSR count). The predicted octanol–water partition coefficient (Wildman–Crippen LogP) is 24.1. The average molecular weight is 1110 g/mol. The van der Waals surface area contributed by atoms with Crippen LogP contribution >= 0.6 is 0 Å². The lowest BCUT2D eigenvalue weighted by molar-refractivity contribution is -0.167. The Morgan fingerprint density at radius 3 is 0.709 bits per heavy atom. The Hall–Kier alpha value is -2.63. The third kappa shape index (κ3) is 66.1. The maximum Gasteiger partial charge on any atom is 0.306 e. The normalized spacial score (nSPS) is 12.3. The highest BCUT2D eigenvalue weighted by Crippen LogP contribution is 2.17. The minimum Gasteiger partial charge on any atom is -0.462 e. The molecule has 0 aliphatic carbocycles. The van der Waals surface area contributed by atoms with Crippen molar-refractivity contribution in [2.24, 2.45) is 0 Å². The number of esters is 3. The van der Waals surface area contributed by atoms with E-state index in [2.05, 4.69) is 69.4 Å². The lowest BCUT2D eigenvalue weighted by Gasteiger charge is -2.18. The summed E-state index contributed by atoms with van der Waals surface area (Å²) in [4.78, 5) is 38.5. The molecule has 0 aromatic heterocycles. The molecule has 1 unspecified atom stereocenters. The molecule has 462 valence electrons. The SMILES string of the molecule is CCCCCCC/C=C\C/C=C\CCCCCCCCCCCCCC(=O)OCC(COC(=O)CCCCCCCCCCC/C=C\CCCCCCCC)OC(=O)CCCCCCCCCCC/C=C\CCCCCCCC. The summed E-state index contributed by atoms with van der Waals surface area (Å²) < 4.78 is 17.0. The summed E-state index contributed by atoms with van der Waals surface area (Å²) in [5.41, 5.74) is 0. The molecule has 79 heavy (non-hydrogen) atoms. The van der Waals surface area contributed by atoms with E-state index < -0.39 is 6.10 Å². The second-order valence-corrected chi connectivity index (χ2v) is 23.8. The Morgan fingerprint density at radius 2 is 0.456 bits per heavy atom. The van der Waals surface area contributed by atoms with E-state index in [4.69, 9.17) is 14.2 Å². The first-order valence-electron chi connectivity index (χ1n) is 35.1. The van der Waals surface area contributed by atoms with Crippen molar-refractivity contribution in [3.8, 4) is 0 Å². The van der Waals surface area contributed by atoms with Gasteiger partial charge in [0.2, 0.25) is 0 Å². The molecule has 0 aromatic carbocycles. The van der Waals surface area contributed by atoms with Crippen molar-refractivity contribution < 1.29 is 28.6 Å². The smallest absolute Gasteiger partial charge is 0.306 e. The van der Waals surface area contributed by atoms with E-state index in [0.29, 0.717) is 19.3 Å². The van der Waals surface area contributed by atoms with Gasteiger partial charge in [0.05, 0.1) is 0 Å². The van der Waals surface area contributed by atoms with Crippen LogP contribution in [-0.2, 0) is 28.6 Å². The van der Waals surface area contributed by atoms with Gasteiger partial charge in [-0.2, -0.15) is 0 Å². The monoisotopic (exact) mass is 1110 g/mol. The number of hydrogen-bond donors (Lipinski definition) is 0. The lowest BCUT2D eigenvalue weighted by Crippen LogP contribution is -2.30. The fourth-order valence-corrected chi connectivity index (χ4v) is 10.5. The quantitative estimate of drug-likeness (QED) is 0.0261. The average Bonchev–Trinajstić information content (AvgIpc) is 3.45. The van der Waals surface area contributed by atoms with Gasteiger partial charge in [0.25, 0.3) is 0 Å². The second kappa shape index (κ2) is 67.9. The summed E-state index contributed by atoms with van der Waals surface area (Å²) in [6.45, 7) is 6.68. The van der Waals surface area contributed by atoms with Gasteiger partial charge in [-0.3, -0.25) is 14.4 Å². The maximum atomic E-state index is 13.0. The molecule has 1 atom stereocenters. The zero-order valence-corrected chi connectivity index (χ0v) is 53.2. The first-order chi connectivity index (χ1) is 39.0. The number of carbonyl (C=O) groups excluding carboxylic acids is 3. The predicted molar refractivity (Wildman–Crippen MR) is 344 cm³/mol. The fraction of sp³-hybridized carbons (Fsp3) is 0.849. The second-order valence-electron chi connectivity index (χ2n) is 23.8. The third-order valence-corrected chi connectivity index (χ3v) is 15.8. The van der Waals surface area contributed by atoms with Gasteiger partial charge < -0.3 is 14.2 Å². The molecule has 6 nitrogen and oxygen atoms in total. The Bertz CT molecular complexity index is 1360. The first-order valence-corrected chi connectivity index (χ1v) is 35.1. The summed E-state index contributed by atoms with van der Waals surface area (Å²) >= 11 is 0. The molecule has 0 spiro atoms. The Labute approximate surface area is 492 Å². The van der Waals surface area contributed by atoms with Gasteiger partial charge in [-0.1, -0.05) is 307 Å². The number of allylic oxidation sites excluding steroid dienone is 8. The molecule has 0 fully saturated rings. The van der Waals surface area contributed by atoms with E-state index >= 15 is 0 Å². The molecule has 0 aliphatic rings. The minimum atomic E-state index is -0.777. The molecule has 6 heteroatoms. The van der Waals surface area contributed by atoms with Crippen molar-refractivity contribution in [3.63, 3.8) is 0 Å². The number of rotatable bonds is 65. The van der Waals surface area contributed by atoms with Gasteiger partial charge in [0, 0.05) is 19.3 Å². The molecule has 0 heterocycles. The maximum absolute atomic E-state index is 13.0. The molecule has 0 amide bonds. The highest BCUT2D eigenvalue weighted by Gasteiger charge is 2.19. The third-order valence-electron chi connectivity index (χ3n) is 15.8. The highest BCUT2D eigenvalue weighted by atomic mass is 16.6. The van der Waals surface area contributed by atoms with Crippen LogP contribution in [0, 0.1) is 0 Å². The van der Waals surface area contributed by atoms with Gasteiger partial charge in [-0.05, 0) is 103 Å². The van der Waals surface area contributed by atoms with Crippen LogP contribution < -0.4 is 0 Å². The molecule has 0 N–H and O–H groups in total. The minimum absolute atomic E-state index is 0.0724. The van der Waals surface area contributed by atoms with Crippen LogP contribution in [0.3, 0.4) is 0 Å². The van der Waals surface area contributed by atoms with Gasteiger partial charge in [0.15, 0.2) is 6.10 Å². The van der Waals surface area contributed by atoms with Crippen molar-refractivity contribution in [2.45, 2.75) is 386 Å². The van der Waals surface area contributed by atoms with Crippen LogP contribution in [0.4, 0.5) is 0 Å². The van der Waals surface area contributed by atoms with Crippen LogP contribution in [0.15, 0.2) is 48.6 Å². The van der Waals surface area contributed by atoms with Crippen LogP contribution in [-0.4, -0.2) is 37.2 Å². The molecule has 0 saturated carbocycles. The first kappa shape index (κ1) is 76.4. The van der Waals surface area contributed by atoms with Gasteiger partial charge >= 0.3 is 17.9 Å².